The third-order valence-corrected chi connectivity index (χ3v) is 4.35. The molecule has 0 bridgehead atoms. The topological polar surface area (TPSA) is 72.5 Å². The van der Waals surface area contributed by atoms with Crippen LogP contribution in [0.15, 0.2) is 17.0 Å². The molecular formula is C11H8Cl3NO4S. The minimum atomic E-state index is -4.27. The largest absolute Gasteiger partial charge is 0.436 e. The van der Waals surface area contributed by atoms with Crippen LogP contribution < -0.4 is 4.72 Å². The van der Waals surface area contributed by atoms with E-state index in [-0.39, 0.29) is 21.7 Å². The average molecular weight is 357 g/mol. The fourth-order valence-electron chi connectivity index (χ4n) is 1.15. The Labute approximate surface area is 131 Å². The Balaban J connectivity index is 3.00. The number of hydrogen-bond acceptors (Lipinski definition) is 4. The molecule has 1 rings (SSSR count). The molecule has 0 aliphatic rings. The molecule has 0 saturated heterocycles. The molecule has 9 heteroatoms. The lowest BCUT2D eigenvalue weighted by Crippen LogP contribution is -2.31. The highest BCUT2D eigenvalue weighted by Gasteiger charge is 2.25. The van der Waals surface area contributed by atoms with Crippen LogP contribution in [0, 0.1) is 11.8 Å². The van der Waals surface area contributed by atoms with Gasteiger partial charge in [0.15, 0.2) is 6.61 Å². The molecular weight excluding hydrogens is 349 g/mol. The van der Waals surface area contributed by atoms with E-state index in [1.165, 1.54) is 12.1 Å². The average Bonchev–Trinajstić information content (AvgIpc) is 2.26. The lowest BCUT2D eigenvalue weighted by molar-refractivity contribution is 0.166. The van der Waals surface area contributed by atoms with Crippen LogP contribution in [0.3, 0.4) is 0 Å². The van der Waals surface area contributed by atoms with Gasteiger partial charge in [0.2, 0.25) is 0 Å². The first-order valence-corrected chi connectivity index (χ1v) is 7.63. The minimum absolute atomic E-state index is 0.166. The maximum absolute atomic E-state index is 12.0. The number of hydrogen-bond donors (Lipinski definition) is 1. The third kappa shape index (κ3) is 4.46. The predicted octanol–water partition coefficient (Wildman–Crippen LogP) is 3.09. The van der Waals surface area contributed by atoms with Crippen molar-refractivity contribution in [3.63, 3.8) is 0 Å². The van der Waals surface area contributed by atoms with Crippen LogP contribution in [0.1, 0.15) is 6.92 Å². The van der Waals surface area contributed by atoms with Crippen LogP contribution in [0.25, 0.3) is 0 Å². The van der Waals surface area contributed by atoms with Crippen molar-refractivity contribution in [1.29, 1.82) is 0 Å². The van der Waals surface area contributed by atoms with E-state index >= 15 is 0 Å². The number of carbonyl (C=O) groups excluding carboxylic acids is 1. The number of halogens is 3. The van der Waals surface area contributed by atoms with Crippen molar-refractivity contribution < 1.29 is 17.9 Å². The number of ether oxygens (including phenoxy) is 1. The molecule has 1 amide bonds. The molecule has 5 nitrogen and oxygen atoms in total. The zero-order valence-corrected chi connectivity index (χ0v) is 13.1. The highest BCUT2D eigenvalue weighted by atomic mass is 35.5. The van der Waals surface area contributed by atoms with Crippen molar-refractivity contribution in [3.8, 4) is 11.8 Å². The number of benzene rings is 1. The van der Waals surface area contributed by atoms with Gasteiger partial charge in [-0.3, -0.25) is 0 Å². The summed E-state index contributed by atoms with van der Waals surface area (Å²) >= 11 is 17.2. The van der Waals surface area contributed by atoms with Crippen molar-refractivity contribution in [1.82, 2.24) is 4.72 Å². The number of sulfonamides is 1. The monoisotopic (exact) mass is 355 g/mol. The Morgan fingerprint density at radius 3 is 2.35 bits per heavy atom. The summed E-state index contributed by atoms with van der Waals surface area (Å²) < 4.78 is 30.1. The quantitative estimate of drug-likeness (QED) is 0.845. The summed E-state index contributed by atoms with van der Waals surface area (Å²) in [6, 6.07) is 2.38. The van der Waals surface area contributed by atoms with Crippen molar-refractivity contribution in [2.24, 2.45) is 0 Å². The molecule has 1 aromatic carbocycles. The van der Waals surface area contributed by atoms with E-state index in [1.54, 1.807) is 11.6 Å². The summed E-state index contributed by atoms with van der Waals surface area (Å²) in [6.45, 7) is 1.31. The van der Waals surface area contributed by atoms with E-state index in [9.17, 15) is 13.2 Å². The van der Waals surface area contributed by atoms with Crippen LogP contribution in [0.5, 0.6) is 0 Å². The minimum Gasteiger partial charge on any atom is -0.436 e. The smallest absolute Gasteiger partial charge is 0.422 e. The first kappa shape index (κ1) is 16.9. The normalized spacial score (nSPS) is 10.4. The molecule has 0 unspecified atom stereocenters. The van der Waals surface area contributed by atoms with Crippen LogP contribution in [-0.4, -0.2) is 21.1 Å². The van der Waals surface area contributed by atoms with Crippen molar-refractivity contribution in [3.05, 3.63) is 27.2 Å². The Bertz CT molecular complexity index is 668. The standard InChI is InChI=1S/C11H8Cl3NO4S/c1-2-3-4-19-11(16)15-20(17,18)10-8(13)5-7(12)6-9(10)14/h5-6H,4H2,1H3,(H,15,16). The maximum atomic E-state index is 12.0. The van der Waals surface area contributed by atoms with Gasteiger partial charge in [0.05, 0.1) is 10.0 Å². The molecule has 0 fully saturated rings. The van der Waals surface area contributed by atoms with Crippen molar-refractivity contribution in [2.75, 3.05) is 6.61 Å². The van der Waals surface area contributed by atoms with Crippen LogP contribution in [0.4, 0.5) is 4.79 Å². The second kappa shape index (κ2) is 7.04. The molecule has 1 N–H and O–H groups in total. The van der Waals surface area contributed by atoms with E-state index in [0.29, 0.717) is 0 Å². The zero-order valence-electron chi connectivity index (χ0n) is 10.0. The van der Waals surface area contributed by atoms with Crippen LogP contribution in [0.2, 0.25) is 15.1 Å². The maximum Gasteiger partial charge on any atom is 0.422 e. The molecule has 0 atom stereocenters. The summed E-state index contributed by atoms with van der Waals surface area (Å²) in [5.41, 5.74) is 0. The Kier molecular flexibility index (Phi) is 5.96. The fraction of sp³-hybridized carbons (Fsp3) is 0.182. The Morgan fingerprint density at radius 2 is 1.85 bits per heavy atom. The first-order valence-electron chi connectivity index (χ1n) is 5.01. The summed E-state index contributed by atoms with van der Waals surface area (Å²) in [5.74, 6) is 4.92. The molecule has 108 valence electrons. The van der Waals surface area contributed by atoms with Gasteiger partial charge in [0, 0.05) is 5.02 Å². The number of amides is 1. The third-order valence-electron chi connectivity index (χ3n) is 1.90. The SMILES string of the molecule is CC#CCOC(=O)NS(=O)(=O)c1c(Cl)cc(Cl)cc1Cl. The Hall–Kier alpha value is -1.13. The van der Waals surface area contributed by atoms with E-state index in [1.807, 2.05) is 0 Å². The van der Waals surface area contributed by atoms with Crippen LogP contribution >= 0.6 is 34.8 Å². The summed E-state index contributed by atoms with van der Waals surface area (Å²) in [4.78, 5) is 10.8. The Morgan fingerprint density at radius 1 is 1.30 bits per heavy atom. The molecule has 0 aliphatic carbocycles. The van der Waals surface area contributed by atoms with Crippen molar-refractivity contribution >= 4 is 50.9 Å². The highest BCUT2D eigenvalue weighted by Crippen LogP contribution is 2.32. The summed E-state index contributed by atoms with van der Waals surface area (Å²) in [7, 11) is -4.27. The fourth-order valence-corrected chi connectivity index (χ4v) is 3.59. The van der Waals surface area contributed by atoms with E-state index < -0.39 is 21.0 Å². The lowest BCUT2D eigenvalue weighted by Gasteiger charge is -2.10. The van der Waals surface area contributed by atoms with Gasteiger partial charge < -0.3 is 4.74 Å². The molecule has 0 aromatic heterocycles. The molecule has 0 aliphatic heterocycles. The molecule has 0 saturated carbocycles. The lowest BCUT2D eigenvalue weighted by atomic mass is 10.4. The van der Waals surface area contributed by atoms with Gasteiger partial charge >= 0.3 is 6.09 Å². The van der Waals surface area contributed by atoms with Crippen molar-refractivity contribution in [2.45, 2.75) is 11.8 Å². The van der Waals surface area contributed by atoms with E-state index in [2.05, 4.69) is 16.6 Å². The molecule has 0 heterocycles. The summed E-state index contributed by atoms with van der Waals surface area (Å²) in [5, 5.41) is -0.257. The number of nitrogens with one attached hydrogen (secondary N) is 1. The number of carbonyl (C=O) groups is 1. The van der Waals surface area contributed by atoms with Gasteiger partial charge in [-0.25, -0.2) is 17.9 Å². The second-order valence-corrected chi connectivity index (χ2v) is 6.18. The van der Waals surface area contributed by atoms with Gasteiger partial charge in [0.1, 0.15) is 4.90 Å². The van der Waals surface area contributed by atoms with E-state index in [4.69, 9.17) is 34.8 Å². The van der Waals surface area contributed by atoms with Gasteiger partial charge in [-0.15, -0.1) is 5.92 Å². The first-order chi connectivity index (χ1) is 9.27. The van der Waals surface area contributed by atoms with Crippen LogP contribution in [-0.2, 0) is 14.8 Å². The van der Waals surface area contributed by atoms with Gasteiger partial charge in [-0.1, -0.05) is 40.7 Å². The molecule has 0 radical (unpaired) electrons. The second-order valence-electron chi connectivity index (χ2n) is 3.31. The predicted molar refractivity (Wildman–Crippen MR) is 76.6 cm³/mol. The number of rotatable bonds is 3. The molecule has 1 aromatic rings. The van der Waals surface area contributed by atoms with E-state index in [0.717, 1.165) is 0 Å². The summed E-state index contributed by atoms with van der Waals surface area (Å²) in [6.07, 6.45) is -1.19. The van der Waals surface area contributed by atoms with Gasteiger partial charge in [0.25, 0.3) is 10.0 Å². The zero-order chi connectivity index (χ0) is 15.3. The molecule has 20 heavy (non-hydrogen) atoms. The molecule has 0 spiro atoms. The highest BCUT2D eigenvalue weighted by molar-refractivity contribution is 7.90. The van der Waals surface area contributed by atoms with Gasteiger partial charge in [-0.05, 0) is 19.1 Å². The van der Waals surface area contributed by atoms with Gasteiger partial charge in [-0.2, -0.15) is 0 Å².